The maximum absolute atomic E-state index is 11.8. The zero-order valence-corrected chi connectivity index (χ0v) is 17.1. The molecule has 2 aromatic rings. The second-order valence-electron chi connectivity index (χ2n) is 5.72. The molecule has 0 saturated heterocycles. The van der Waals surface area contributed by atoms with Gasteiger partial charge >= 0.3 is 5.97 Å². The van der Waals surface area contributed by atoms with E-state index in [1.807, 2.05) is 49.4 Å². The molecule has 0 aliphatic rings. The van der Waals surface area contributed by atoms with Crippen molar-refractivity contribution in [1.29, 1.82) is 0 Å². The molecule has 26 heavy (non-hydrogen) atoms. The molecular formula is C21H22BrClO3. The lowest BCUT2D eigenvalue weighted by Gasteiger charge is -2.11. The highest BCUT2D eigenvalue weighted by Crippen LogP contribution is 2.26. The number of hydrogen-bond acceptors (Lipinski definition) is 3. The molecule has 0 atom stereocenters. The number of para-hydroxylation sites is 1. The van der Waals surface area contributed by atoms with Gasteiger partial charge in [0.15, 0.2) is 0 Å². The molecular weight excluding hydrogens is 416 g/mol. The van der Waals surface area contributed by atoms with Crippen molar-refractivity contribution in [3.05, 3.63) is 69.7 Å². The summed E-state index contributed by atoms with van der Waals surface area (Å²) in [5.41, 5.74) is 1.00. The van der Waals surface area contributed by atoms with E-state index in [2.05, 4.69) is 15.9 Å². The van der Waals surface area contributed by atoms with Crippen LogP contribution in [0.1, 0.15) is 31.7 Å². The number of hydrogen-bond donors (Lipinski definition) is 0. The minimum atomic E-state index is -0.353. The largest absolute Gasteiger partial charge is 0.492 e. The Balaban J connectivity index is 1.85. The van der Waals surface area contributed by atoms with Crippen LogP contribution in [-0.2, 0) is 11.2 Å². The summed E-state index contributed by atoms with van der Waals surface area (Å²) in [4.78, 5) is 11.8. The zero-order chi connectivity index (χ0) is 18.8. The Labute approximate surface area is 168 Å². The van der Waals surface area contributed by atoms with Gasteiger partial charge in [-0.1, -0.05) is 58.7 Å². The first-order chi connectivity index (χ1) is 12.6. The van der Waals surface area contributed by atoms with Crippen molar-refractivity contribution in [2.24, 2.45) is 0 Å². The van der Waals surface area contributed by atoms with Gasteiger partial charge in [-0.3, -0.25) is 0 Å². The van der Waals surface area contributed by atoms with Crippen LogP contribution < -0.4 is 9.47 Å². The van der Waals surface area contributed by atoms with Crippen molar-refractivity contribution in [2.75, 3.05) is 6.61 Å². The predicted octanol–water partition coefficient (Wildman–Crippen LogP) is 6.38. The molecule has 0 amide bonds. The van der Waals surface area contributed by atoms with E-state index in [9.17, 15) is 4.79 Å². The Kier molecular flexibility index (Phi) is 8.72. The summed E-state index contributed by atoms with van der Waals surface area (Å²) in [6.07, 6.45) is 6.64. The highest BCUT2D eigenvalue weighted by Gasteiger charge is 2.08. The number of ether oxygens (including phenoxy) is 2. The molecule has 3 nitrogen and oxygen atoms in total. The lowest BCUT2D eigenvalue weighted by atomic mass is 10.1. The predicted molar refractivity (Wildman–Crippen MR) is 109 cm³/mol. The van der Waals surface area contributed by atoms with Gasteiger partial charge in [0, 0.05) is 10.5 Å². The van der Waals surface area contributed by atoms with Gasteiger partial charge in [-0.05, 0) is 55.5 Å². The average Bonchev–Trinajstić information content (AvgIpc) is 2.62. The van der Waals surface area contributed by atoms with Gasteiger partial charge in [0.25, 0.3) is 0 Å². The third kappa shape index (κ3) is 6.85. The molecule has 0 radical (unpaired) electrons. The lowest BCUT2D eigenvalue weighted by molar-refractivity contribution is -0.129. The van der Waals surface area contributed by atoms with Gasteiger partial charge < -0.3 is 9.47 Å². The quantitative estimate of drug-likeness (QED) is 0.198. The number of allylic oxidation sites excluding steroid dienone is 1. The monoisotopic (exact) mass is 436 g/mol. The van der Waals surface area contributed by atoms with Crippen molar-refractivity contribution in [1.82, 2.24) is 0 Å². The van der Waals surface area contributed by atoms with E-state index in [1.54, 1.807) is 6.08 Å². The molecule has 0 N–H and O–H groups in total. The molecule has 0 aliphatic heterocycles. The van der Waals surface area contributed by atoms with Gasteiger partial charge in [-0.15, -0.1) is 0 Å². The van der Waals surface area contributed by atoms with Crippen LogP contribution in [-0.4, -0.2) is 12.6 Å². The molecule has 0 aromatic heterocycles. The number of benzene rings is 2. The van der Waals surface area contributed by atoms with Crippen molar-refractivity contribution in [2.45, 2.75) is 32.6 Å². The molecule has 138 valence electrons. The fourth-order valence-electron chi connectivity index (χ4n) is 2.35. The minimum Gasteiger partial charge on any atom is -0.492 e. The fraction of sp³-hybridized carbons (Fsp3) is 0.286. The van der Waals surface area contributed by atoms with Crippen molar-refractivity contribution in [3.63, 3.8) is 0 Å². The van der Waals surface area contributed by atoms with Crippen molar-refractivity contribution < 1.29 is 14.3 Å². The van der Waals surface area contributed by atoms with E-state index >= 15 is 0 Å². The highest BCUT2D eigenvalue weighted by molar-refractivity contribution is 9.10. The summed E-state index contributed by atoms with van der Waals surface area (Å²) in [5, 5.41) is 0.620. The smallest absolute Gasteiger partial charge is 0.335 e. The highest BCUT2D eigenvalue weighted by atomic mass is 79.9. The number of aryl methyl sites for hydroxylation is 1. The first-order valence-electron chi connectivity index (χ1n) is 8.64. The number of rotatable bonds is 9. The normalized spacial score (nSPS) is 10.9. The summed E-state index contributed by atoms with van der Waals surface area (Å²) in [6, 6.07) is 13.2. The van der Waals surface area contributed by atoms with E-state index in [4.69, 9.17) is 21.1 Å². The van der Waals surface area contributed by atoms with Crippen molar-refractivity contribution >= 4 is 33.5 Å². The van der Waals surface area contributed by atoms with Gasteiger partial charge in [-0.2, -0.15) is 0 Å². The van der Waals surface area contributed by atoms with E-state index in [0.717, 1.165) is 35.7 Å². The van der Waals surface area contributed by atoms with E-state index in [-0.39, 0.29) is 5.97 Å². The molecule has 0 bridgehead atoms. The van der Waals surface area contributed by atoms with Crippen LogP contribution in [0.4, 0.5) is 0 Å². The summed E-state index contributed by atoms with van der Waals surface area (Å²) in [6.45, 7) is 2.56. The summed E-state index contributed by atoms with van der Waals surface area (Å²) in [5.74, 6) is 0.945. The third-order valence-electron chi connectivity index (χ3n) is 3.66. The molecule has 0 fully saturated rings. The Bertz CT molecular complexity index is 759. The zero-order valence-electron chi connectivity index (χ0n) is 14.7. The first-order valence-corrected chi connectivity index (χ1v) is 9.81. The molecule has 0 spiro atoms. The first kappa shape index (κ1) is 20.5. The topological polar surface area (TPSA) is 35.5 Å². The maximum atomic E-state index is 11.8. The SMILES string of the molecule is CCC=CC(=O)Oc1cc(Br)ccc1CCCCOc1ccccc1Cl. The maximum Gasteiger partial charge on any atom is 0.335 e. The second-order valence-corrected chi connectivity index (χ2v) is 7.04. The Morgan fingerprint density at radius 2 is 1.96 bits per heavy atom. The summed E-state index contributed by atoms with van der Waals surface area (Å²) >= 11 is 9.49. The molecule has 0 aliphatic carbocycles. The molecule has 0 saturated carbocycles. The van der Waals surface area contributed by atoms with Gasteiger partial charge in [0.1, 0.15) is 11.5 Å². The second kappa shape index (κ2) is 11.0. The number of halogens is 2. The Morgan fingerprint density at radius 1 is 1.15 bits per heavy atom. The Hall–Kier alpha value is -1.78. The molecule has 2 rings (SSSR count). The van der Waals surface area contributed by atoms with Crippen LogP contribution in [0.15, 0.2) is 59.1 Å². The average molecular weight is 438 g/mol. The van der Waals surface area contributed by atoms with Crippen LogP contribution in [0.2, 0.25) is 5.02 Å². The Morgan fingerprint density at radius 3 is 2.73 bits per heavy atom. The van der Waals surface area contributed by atoms with Crippen LogP contribution in [0.5, 0.6) is 11.5 Å². The summed E-state index contributed by atoms with van der Waals surface area (Å²) in [7, 11) is 0. The minimum absolute atomic E-state index is 0.353. The van der Waals surface area contributed by atoms with Gasteiger partial charge in [0.05, 0.1) is 11.6 Å². The van der Waals surface area contributed by atoms with Crippen LogP contribution in [0.3, 0.4) is 0 Å². The molecule has 0 unspecified atom stereocenters. The third-order valence-corrected chi connectivity index (χ3v) is 4.47. The summed E-state index contributed by atoms with van der Waals surface area (Å²) < 4.78 is 12.0. The standard InChI is InChI=1S/C21H22BrClO3/c1-2-3-11-21(24)26-20-15-17(22)13-12-16(20)8-6-7-14-25-19-10-5-4-9-18(19)23/h3-5,9-13,15H,2,6-8,14H2,1H3. The molecule has 0 heterocycles. The van der Waals surface area contributed by atoms with Gasteiger partial charge in [-0.25, -0.2) is 4.79 Å². The number of carbonyl (C=O) groups is 1. The van der Waals surface area contributed by atoms with Gasteiger partial charge in [0.2, 0.25) is 0 Å². The van der Waals surface area contributed by atoms with E-state index < -0.39 is 0 Å². The fourth-order valence-corrected chi connectivity index (χ4v) is 2.88. The van der Waals surface area contributed by atoms with Crippen LogP contribution >= 0.6 is 27.5 Å². The number of carbonyl (C=O) groups excluding carboxylic acids is 1. The van der Waals surface area contributed by atoms with E-state index in [1.165, 1.54) is 6.08 Å². The van der Waals surface area contributed by atoms with Crippen LogP contribution in [0.25, 0.3) is 0 Å². The number of esters is 1. The van der Waals surface area contributed by atoms with Crippen LogP contribution in [0, 0.1) is 0 Å². The van der Waals surface area contributed by atoms with Crippen molar-refractivity contribution in [3.8, 4) is 11.5 Å². The number of unbranched alkanes of at least 4 members (excludes halogenated alkanes) is 1. The molecule has 5 heteroatoms. The lowest BCUT2D eigenvalue weighted by Crippen LogP contribution is -2.06. The van der Waals surface area contributed by atoms with E-state index in [0.29, 0.717) is 23.1 Å². The molecule has 2 aromatic carbocycles.